The summed E-state index contributed by atoms with van der Waals surface area (Å²) in [6, 6.07) is 8.17. The first-order chi connectivity index (χ1) is 16.2. The zero-order chi connectivity index (χ0) is 24.4. The lowest BCUT2D eigenvalue weighted by molar-refractivity contribution is 0.0363. The number of carbonyl (C=O) groups is 1. The number of nitrogens with one attached hydrogen (secondary N) is 1. The van der Waals surface area contributed by atoms with E-state index < -0.39 is 29.8 Å². The number of anilines is 1. The molecule has 4 rings (SSSR count). The predicted molar refractivity (Wildman–Crippen MR) is 125 cm³/mol. The lowest BCUT2D eigenvalue weighted by Crippen LogP contribution is -2.30. The third kappa shape index (κ3) is 5.39. The van der Waals surface area contributed by atoms with Crippen molar-refractivity contribution >= 4 is 27.7 Å². The average Bonchev–Trinajstić information content (AvgIpc) is 2.79. The van der Waals surface area contributed by atoms with Crippen molar-refractivity contribution in [2.75, 3.05) is 5.73 Å². The highest BCUT2D eigenvalue weighted by Gasteiger charge is 2.31. The zero-order valence-corrected chi connectivity index (χ0v) is 19.5. The lowest BCUT2D eigenvalue weighted by Gasteiger charge is -2.28. The molecule has 1 saturated carbocycles. The summed E-state index contributed by atoms with van der Waals surface area (Å²) in [5.74, 6) is -2.06. The van der Waals surface area contributed by atoms with Crippen LogP contribution in [0.15, 0.2) is 47.1 Å². The molecule has 3 aromatic rings. The number of aliphatic hydroxyl groups is 1. The second-order valence-corrected chi connectivity index (χ2v) is 9.19. The third-order valence-electron chi connectivity index (χ3n) is 5.84. The fourth-order valence-electron chi connectivity index (χ4n) is 4.03. The second kappa shape index (κ2) is 10.1. The van der Waals surface area contributed by atoms with E-state index in [4.69, 9.17) is 5.73 Å². The molecule has 10 heteroatoms. The Balaban J connectivity index is 1.52. The molecule has 2 aromatic carbocycles. The van der Waals surface area contributed by atoms with Gasteiger partial charge in [-0.25, -0.2) is 23.1 Å². The van der Waals surface area contributed by atoms with E-state index in [9.17, 15) is 23.1 Å². The maximum Gasteiger partial charge on any atom is 0.254 e. The fraction of sp³-hybridized carbons (Fsp3) is 0.292. The number of aliphatic hydroxyl groups excluding tert-OH is 1. The maximum absolute atomic E-state index is 14.8. The van der Waals surface area contributed by atoms with Gasteiger partial charge < -0.3 is 16.2 Å². The van der Waals surface area contributed by atoms with Crippen LogP contribution in [-0.4, -0.2) is 33.3 Å². The first kappa shape index (κ1) is 24.2. The molecule has 1 aromatic heterocycles. The van der Waals surface area contributed by atoms with E-state index in [-0.39, 0.29) is 36.0 Å². The van der Waals surface area contributed by atoms with E-state index in [0.717, 1.165) is 6.07 Å². The quantitative estimate of drug-likeness (QED) is 0.441. The van der Waals surface area contributed by atoms with Crippen molar-refractivity contribution in [3.8, 4) is 11.3 Å². The molecule has 3 atom stereocenters. The van der Waals surface area contributed by atoms with Gasteiger partial charge >= 0.3 is 0 Å². The molecule has 1 fully saturated rings. The number of nitrogens with two attached hydrogens (primary N) is 1. The Kier molecular flexibility index (Phi) is 7.18. The van der Waals surface area contributed by atoms with Gasteiger partial charge in [-0.05, 0) is 55.2 Å². The molecule has 0 aliphatic heterocycles. The number of halogens is 4. The molecule has 1 amide bonds. The van der Waals surface area contributed by atoms with Crippen LogP contribution in [0.5, 0.6) is 0 Å². The fourth-order valence-corrected chi connectivity index (χ4v) is 4.54. The number of amides is 1. The molecule has 4 N–H and O–H groups in total. The molecule has 6 nitrogen and oxygen atoms in total. The topological polar surface area (TPSA) is 101 Å². The minimum absolute atomic E-state index is 0.0164. The Hall–Kier alpha value is -2.98. The molecule has 1 aliphatic carbocycles. The van der Waals surface area contributed by atoms with Gasteiger partial charge in [0.15, 0.2) is 0 Å². The number of rotatable bonds is 5. The van der Waals surface area contributed by atoms with Crippen LogP contribution in [0.4, 0.5) is 19.0 Å². The Morgan fingerprint density at radius 1 is 1.21 bits per heavy atom. The van der Waals surface area contributed by atoms with Crippen molar-refractivity contribution in [2.24, 2.45) is 0 Å². The van der Waals surface area contributed by atoms with Gasteiger partial charge in [0, 0.05) is 22.5 Å². The number of nitrogens with zero attached hydrogens (tertiary/aromatic N) is 2. The maximum atomic E-state index is 14.8. The normalized spacial score (nSPS) is 20.2. The number of nitrogen functional groups attached to an aromatic ring is 1. The molecule has 0 spiro atoms. The molecule has 178 valence electrons. The summed E-state index contributed by atoms with van der Waals surface area (Å²) in [5.41, 5.74) is 7.36. The largest absolute Gasteiger partial charge is 0.390 e. The van der Waals surface area contributed by atoms with E-state index in [0.29, 0.717) is 34.1 Å². The second-order valence-electron chi connectivity index (χ2n) is 8.28. The van der Waals surface area contributed by atoms with Gasteiger partial charge in [0.1, 0.15) is 29.3 Å². The van der Waals surface area contributed by atoms with Crippen LogP contribution in [0.1, 0.15) is 46.8 Å². The molecule has 0 radical (unpaired) electrons. The number of benzene rings is 2. The van der Waals surface area contributed by atoms with Crippen molar-refractivity contribution in [3.05, 3.63) is 75.5 Å². The van der Waals surface area contributed by atoms with Gasteiger partial charge in [0.2, 0.25) is 0 Å². The number of carbonyl (C=O) groups excluding carboxylic acids is 1. The number of alkyl halides is 1. The van der Waals surface area contributed by atoms with Crippen molar-refractivity contribution in [1.82, 2.24) is 15.3 Å². The monoisotopic (exact) mass is 534 g/mol. The molecule has 0 bridgehead atoms. The van der Waals surface area contributed by atoms with Crippen molar-refractivity contribution in [2.45, 2.75) is 44.0 Å². The van der Waals surface area contributed by atoms with Crippen LogP contribution >= 0.6 is 15.9 Å². The molecule has 0 saturated heterocycles. The molecule has 1 aliphatic rings. The van der Waals surface area contributed by atoms with E-state index in [1.165, 1.54) is 30.5 Å². The molecule has 34 heavy (non-hydrogen) atoms. The lowest BCUT2D eigenvalue weighted by atomic mass is 9.84. The first-order valence-corrected chi connectivity index (χ1v) is 11.5. The molecular formula is C24H22BrF3N4O2. The Morgan fingerprint density at radius 2 is 2.00 bits per heavy atom. The minimum atomic E-state index is -1.34. The van der Waals surface area contributed by atoms with E-state index in [2.05, 4.69) is 31.2 Å². The predicted octanol–water partition coefficient (Wildman–Crippen LogP) is 4.66. The van der Waals surface area contributed by atoms with Crippen molar-refractivity contribution in [3.63, 3.8) is 0 Å². The van der Waals surface area contributed by atoms with E-state index in [1.807, 2.05) is 0 Å². The molecule has 1 heterocycles. The molecular weight excluding hydrogens is 513 g/mol. The Bertz CT molecular complexity index is 1210. The van der Waals surface area contributed by atoms with E-state index in [1.54, 1.807) is 6.07 Å². The van der Waals surface area contributed by atoms with Crippen LogP contribution in [0, 0.1) is 11.6 Å². The summed E-state index contributed by atoms with van der Waals surface area (Å²) < 4.78 is 42.8. The minimum Gasteiger partial charge on any atom is -0.390 e. The van der Waals surface area contributed by atoms with Gasteiger partial charge in [0.05, 0.1) is 23.6 Å². The Morgan fingerprint density at radius 3 is 2.71 bits per heavy atom. The summed E-state index contributed by atoms with van der Waals surface area (Å²) in [5, 5.41) is 12.2. The Labute approximate surface area is 202 Å². The van der Waals surface area contributed by atoms with Crippen LogP contribution in [0.3, 0.4) is 0 Å². The van der Waals surface area contributed by atoms with Gasteiger partial charge in [-0.2, -0.15) is 0 Å². The summed E-state index contributed by atoms with van der Waals surface area (Å²) in [4.78, 5) is 21.1. The number of hydrogen-bond donors (Lipinski definition) is 3. The van der Waals surface area contributed by atoms with Gasteiger partial charge in [-0.3, -0.25) is 4.79 Å². The van der Waals surface area contributed by atoms with Crippen molar-refractivity contribution < 1.29 is 23.1 Å². The van der Waals surface area contributed by atoms with Gasteiger partial charge in [-0.1, -0.05) is 22.0 Å². The SMILES string of the molecule is Nc1ncc(C2CCC(O)C(F)C2)nc1-c1ccc(C(=O)NCc2cc(F)cc(Br)c2)c(F)c1. The summed E-state index contributed by atoms with van der Waals surface area (Å²) in [6.07, 6.45) is 0.136. The zero-order valence-electron chi connectivity index (χ0n) is 17.9. The van der Waals surface area contributed by atoms with Crippen LogP contribution < -0.4 is 11.1 Å². The highest BCUT2D eigenvalue weighted by molar-refractivity contribution is 9.10. The smallest absolute Gasteiger partial charge is 0.254 e. The van der Waals surface area contributed by atoms with Crippen LogP contribution in [0.25, 0.3) is 11.3 Å². The highest BCUT2D eigenvalue weighted by atomic mass is 79.9. The summed E-state index contributed by atoms with van der Waals surface area (Å²) in [7, 11) is 0. The summed E-state index contributed by atoms with van der Waals surface area (Å²) >= 11 is 3.18. The van der Waals surface area contributed by atoms with E-state index >= 15 is 0 Å². The number of aromatic nitrogens is 2. The third-order valence-corrected chi connectivity index (χ3v) is 6.30. The van der Waals surface area contributed by atoms with Gasteiger partial charge in [-0.15, -0.1) is 0 Å². The first-order valence-electron chi connectivity index (χ1n) is 10.7. The van der Waals surface area contributed by atoms with Crippen molar-refractivity contribution in [1.29, 1.82) is 0 Å². The number of hydrogen-bond acceptors (Lipinski definition) is 5. The highest BCUT2D eigenvalue weighted by Crippen LogP contribution is 2.35. The van der Waals surface area contributed by atoms with Crippen LogP contribution in [0.2, 0.25) is 0 Å². The summed E-state index contributed by atoms with van der Waals surface area (Å²) in [6.45, 7) is 0.0164. The molecule has 3 unspecified atom stereocenters. The average molecular weight is 535 g/mol. The standard InChI is InChI=1S/C24H22BrF3N4O2/c25-15-5-12(6-16(26)9-15)10-31-24(34)17-3-1-14(8-18(17)27)22-23(29)30-11-20(32-22)13-2-4-21(33)19(28)7-13/h1,3,5-6,8-9,11,13,19,21,33H,2,4,7,10H2,(H2,29,30)(H,31,34). The van der Waals surface area contributed by atoms with Gasteiger partial charge in [0.25, 0.3) is 5.91 Å². The van der Waals surface area contributed by atoms with Crippen LogP contribution in [-0.2, 0) is 6.54 Å².